The van der Waals surface area contributed by atoms with Gasteiger partial charge >= 0.3 is 0 Å². The molecule has 1 heterocycles. The summed E-state index contributed by atoms with van der Waals surface area (Å²) in [7, 11) is -3.78. The van der Waals surface area contributed by atoms with E-state index in [2.05, 4.69) is 22.9 Å². The number of rotatable bonds is 8. The fourth-order valence-electron chi connectivity index (χ4n) is 2.96. The Balaban J connectivity index is 1.88. The van der Waals surface area contributed by atoms with Gasteiger partial charge in [-0.15, -0.1) is 17.8 Å². The third-order valence-corrected chi connectivity index (χ3v) is 6.93. The monoisotopic (exact) mass is 438 g/mol. The molecule has 1 unspecified atom stereocenters. The number of nitrogens with one attached hydrogen (secondary N) is 2. The van der Waals surface area contributed by atoms with Gasteiger partial charge in [0, 0.05) is 10.4 Å². The van der Waals surface area contributed by atoms with Crippen molar-refractivity contribution in [3.63, 3.8) is 0 Å². The summed E-state index contributed by atoms with van der Waals surface area (Å²) in [6.07, 6.45) is 6.06. The second-order valence-electron chi connectivity index (χ2n) is 6.57. The first-order valence-corrected chi connectivity index (χ1v) is 11.8. The molecule has 0 aliphatic heterocycles. The van der Waals surface area contributed by atoms with Crippen LogP contribution in [0.5, 0.6) is 0 Å². The van der Waals surface area contributed by atoms with E-state index in [9.17, 15) is 13.2 Å². The molecule has 0 spiro atoms. The number of hydrogen-bond acceptors (Lipinski definition) is 4. The maximum atomic E-state index is 13.0. The molecule has 154 valence electrons. The van der Waals surface area contributed by atoms with Gasteiger partial charge in [0.1, 0.15) is 0 Å². The van der Waals surface area contributed by atoms with E-state index in [1.165, 1.54) is 23.8 Å². The Morgan fingerprint density at radius 1 is 1.13 bits per heavy atom. The molecule has 1 aromatic heterocycles. The Morgan fingerprint density at radius 3 is 2.53 bits per heavy atom. The van der Waals surface area contributed by atoms with E-state index >= 15 is 0 Å². The third kappa shape index (κ3) is 5.16. The van der Waals surface area contributed by atoms with Gasteiger partial charge in [0.2, 0.25) is 10.0 Å². The van der Waals surface area contributed by atoms with Crippen LogP contribution in [-0.4, -0.2) is 20.9 Å². The lowest BCUT2D eigenvalue weighted by Crippen LogP contribution is -2.29. The molecular formula is C23H22N2O3S2. The number of aryl methyl sites for hydroxylation is 1. The molecule has 0 radical (unpaired) electrons. The maximum absolute atomic E-state index is 13.0. The van der Waals surface area contributed by atoms with Crippen LogP contribution in [0.3, 0.4) is 0 Å². The van der Waals surface area contributed by atoms with Crippen molar-refractivity contribution in [1.82, 2.24) is 10.0 Å². The van der Waals surface area contributed by atoms with E-state index < -0.39 is 10.0 Å². The SMILES string of the molecule is C#CCNS(=O)(=O)c1cccc(C(=O)NC(c2ccc(CC)cc2)c2cccs2)c1. The second kappa shape index (κ2) is 9.72. The van der Waals surface area contributed by atoms with Crippen molar-refractivity contribution in [2.24, 2.45) is 0 Å². The van der Waals surface area contributed by atoms with Crippen LogP contribution in [0.15, 0.2) is 70.9 Å². The van der Waals surface area contributed by atoms with Gasteiger partial charge in [-0.3, -0.25) is 4.79 Å². The molecule has 2 aromatic carbocycles. The predicted octanol–water partition coefficient (Wildman–Crippen LogP) is 3.74. The van der Waals surface area contributed by atoms with E-state index in [0.29, 0.717) is 0 Å². The highest BCUT2D eigenvalue weighted by Crippen LogP contribution is 2.27. The molecule has 0 aliphatic carbocycles. The number of benzene rings is 2. The summed E-state index contributed by atoms with van der Waals surface area (Å²) in [5.74, 6) is 1.87. The lowest BCUT2D eigenvalue weighted by Gasteiger charge is -2.19. The number of hydrogen-bond donors (Lipinski definition) is 2. The van der Waals surface area contributed by atoms with Crippen LogP contribution in [0.4, 0.5) is 0 Å². The lowest BCUT2D eigenvalue weighted by molar-refractivity contribution is 0.0943. The molecule has 0 bridgehead atoms. The van der Waals surface area contributed by atoms with Crippen molar-refractivity contribution in [2.45, 2.75) is 24.3 Å². The summed E-state index contributed by atoms with van der Waals surface area (Å²) < 4.78 is 26.9. The summed E-state index contributed by atoms with van der Waals surface area (Å²) in [4.78, 5) is 14.0. The topological polar surface area (TPSA) is 75.3 Å². The number of thiophene rings is 1. The number of terminal acetylenes is 1. The number of carbonyl (C=O) groups excluding carboxylic acids is 1. The molecule has 5 nitrogen and oxygen atoms in total. The zero-order valence-corrected chi connectivity index (χ0v) is 18.1. The maximum Gasteiger partial charge on any atom is 0.252 e. The molecule has 1 atom stereocenters. The molecule has 3 rings (SSSR count). The van der Waals surface area contributed by atoms with Crippen molar-refractivity contribution in [1.29, 1.82) is 0 Å². The minimum absolute atomic E-state index is 0.00891. The molecule has 2 N–H and O–H groups in total. The fourth-order valence-corrected chi connectivity index (χ4v) is 4.74. The Bertz CT molecular complexity index is 1150. The quantitative estimate of drug-likeness (QED) is 0.526. The number of sulfonamides is 1. The van der Waals surface area contributed by atoms with Gasteiger partial charge in [0.15, 0.2) is 0 Å². The lowest BCUT2D eigenvalue weighted by atomic mass is 10.0. The second-order valence-corrected chi connectivity index (χ2v) is 9.32. The molecule has 0 fully saturated rings. The fraction of sp³-hybridized carbons (Fsp3) is 0.174. The van der Waals surface area contributed by atoms with Crippen molar-refractivity contribution >= 4 is 27.3 Å². The summed E-state index contributed by atoms with van der Waals surface area (Å²) in [6.45, 7) is 1.97. The van der Waals surface area contributed by atoms with Crippen LogP contribution in [0.25, 0.3) is 0 Å². The highest BCUT2D eigenvalue weighted by atomic mass is 32.2. The summed E-state index contributed by atoms with van der Waals surface area (Å²) in [6, 6.07) is 17.6. The van der Waals surface area contributed by atoms with Crippen LogP contribution in [-0.2, 0) is 16.4 Å². The number of carbonyl (C=O) groups is 1. The minimum Gasteiger partial charge on any atom is -0.340 e. The Labute approximate surface area is 181 Å². The van der Waals surface area contributed by atoms with Crippen molar-refractivity contribution in [3.8, 4) is 12.3 Å². The Hall–Kier alpha value is -2.92. The smallest absolute Gasteiger partial charge is 0.252 e. The molecular weight excluding hydrogens is 416 g/mol. The van der Waals surface area contributed by atoms with E-state index in [1.807, 2.05) is 41.8 Å². The zero-order chi connectivity index (χ0) is 21.6. The van der Waals surface area contributed by atoms with Crippen molar-refractivity contribution in [2.75, 3.05) is 6.54 Å². The molecule has 0 aliphatic rings. The summed E-state index contributed by atoms with van der Waals surface area (Å²) in [5.41, 5.74) is 2.43. The van der Waals surface area contributed by atoms with Crippen molar-refractivity contribution in [3.05, 3.63) is 87.6 Å². The molecule has 30 heavy (non-hydrogen) atoms. The normalized spacial score (nSPS) is 12.1. The van der Waals surface area contributed by atoms with Gasteiger partial charge in [-0.2, -0.15) is 4.72 Å². The van der Waals surface area contributed by atoms with Crippen LogP contribution in [0.1, 0.15) is 39.3 Å². The van der Waals surface area contributed by atoms with E-state index in [1.54, 1.807) is 17.4 Å². The summed E-state index contributed by atoms with van der Waals surface area (Å²) in [5, 5.41) is 4.99. The van der Waals surface area contributed by atoms with Gasteiger partial charge in [-0.1, -0.05) is 49.2 Å². The molecule has 0 saturated carbocycles. The highest BCUT2D eigenvalue weighted by Gasteiger charge is 2.20. The standard InChI is InChI=1S/C23H22N2O3S2/c1-3-14-24-30(27,28)20-8-5-7-19(16-20)23(26)25-22(21-9-6-15-29-21)18-12-10-17(4-2)11-13-18/h1,5-13,15-16,22,24H,4,14H2,2H3,(H,25,26). The zero-order valence-electron chi connectivity index (χ0n) is 16.5. The molecule has 1 amide bonds. The van der Waals surface area contributed by atoms with Crippen LogP contribution in [0, 0.1) is 12.3 Å². The average molecular weight is 439 g/mol. The van der Waals surface area contributed by atoms with E-state index in [4.69, 9.17) is 6.42 Å². The summed E-state index contributed by atoms with van der Waals surface area (Å²) >= 11 is 1.55. The van der Waals surface area contributed by atoms with Gasteiger partial charge in [0.05, 0.1) is 17.5 Å². The van der Waals surface area contributed by atoms with Gasteiger partial charge < -0.3 is 5.32 Å². The Morgan fingerprint density at radius 2 is 1.90 bits per heavy atom. The van der Waals surface area contributed by atoms with Crippen LogP contribution in [0.2, 0.25) is 0 Å². The highest BCUT2D eigenvalue weighted by molar-refractivity contribution is 7.89. The molecule has 0 saturated heterocycles. The van der Waals surface area contributed by atoms with Gasteiger partial charge in [0.25, 0.3) is 5.91 Å². The largest absolute Gasteiger partial charge is 0.340 e. The average Bonchev–Trinajstić information content (AvgIpc) is 3.31. The van der Waals surface area contributed by atoms with Gasteiger partial charge in [-0.05, 0) is 47.2 Å². The molecule has 7 heteroatoms. The third-order valence-electron chi connectivity index (χ3n) is 4.60. The van der Waals surface area contributed by atoms with E-state index in [0.717, 1.165) is 16.9 Å². The van der Waals surface area contributed by atoms with Crippen LogP contribution >= 0.6 is 11.3 Å². The van der Waals surface area contributed by atoms with Crippen molar-refractivity contribution < 1.29 is 13.2 Å². The first-order valence-electron chi connectivity index (χ1n) is 9.41. The predicted molar refractivity (Wildman–Crippen MR) is 120 cm³/mol. The Kier molecular flexibility index (Phi) is 7.06. The first kappa shape index (κ1) is 21.8. The van der Waals surface area contributed by atoms with E-state index in [-0.39, 0.29) is 29.0 Å². The molecule has 3 aromatic rings. The van der Waals surface area contributed by atoms with Crippen LogP contribution < -0.4 is 10.0 Å². The minimum atomic E-state index is -3.78. The number of amides is 1. The first-order chi connectivity index (χ1) is 14.4. The van der Waals surface area contributed by atoms with Gasteiger partial charge in [-0.25, -0.2) is 8.42 Å².